The average Bonchev–Trinajstić information content (AvgIpc) is 2.62. The molecule has 0 aromatic heterocycles. The number of carbonyl (C=O) groups excluding carboxylic acids is 1. The van der Waals surface area contributed by atoms with Crippen LogP contribution < -0.4 is 4.90 Å². The van der Waals surface area contributed by atoms with Gasteiger partial charge in [-0.25, -0.2) is 0 Å². The molecule has 1 amide bonds. The van der Waals surface area contributed by atoms with Crippen LogP contribution in [0.2, 0.25) is 5.02 Å². The Hall–Kier alpha value is -1.84. The van der Waals surface area contributed by atoms with Crippen LogP contribution in [0.1, 0.15) is 28.9 Å². The molecule has 1 fully saturated rings. The van der Waals surface area contributed by atoms with Gasteiger partial charge < -0.3 is 9.80 Å². The zero-order valence-corrected chi connectivity index (χ0v) is 14.1. The predicted octanol–water partition coefficient (Wildman–Crippen LogP) is 2.44. The van der Waals surface area contributed by atoms with Gasteiger partial charge in [-0.05, 0) is 25.1 Å². The number of nitrogens with zero attached hydrogens (tertiary/aromatic N) is 1. The average molecular weight is 330 g/mol. The van der Waals surface area contributed by atoms with Crippen molar-refractivity contribution in [2.45, 2.75) is 13.0 Å². The molecule has 0 unspecified atom stereocenters. The minimum Gasteiger partial charge on any atom is -0.327 e. The standard InChI is InChI=1S/C19H21ClN2O/c1-15(17-9-5-6-10-18(17)20)21-11-13-22(14-12-21)19(23)16-7-3-2-4-8-16/h2-10,15H,11-14H2,1H3/p+1/t15-/m0/s1. The molecule has 120 valence electrons. The van der Waals surface area contributed by atoms with Gasteiger partial charge in [0.2, 0.25) is 0 Å². The lowest BCUT2D eigenvalue weighted by atomic mass is 10.1. The number of halogens is 1. The molecule has 4 heteroatoms. The van der Waals surface area contributed by atoms with Crippen LogP contribution in [-0.2, 0) is 0 Å². The number of hydrogen-bond acceptors (Lipinski definition) is 1. The minimum absolute atomic E-state index is 0.134. The summed E-state index contributed by atoms with van der Waals surface area (Å²) < 4.78 is 0. The highest BCUT2D eigenvalue weighted by molar-refractivity contribution is 6.31. The van der Waals surface area contributed by atoms with E-state index in [2.05, 4.69) is 13.0 Å². The second-order valence-corrected chi connectivity index (χ2v) is 6.47. The third-order valence-corrected chi connectivity index (χ3v) is 5.04. The molecule has 0 spiro atoms. The lowest BCUT2D eigenvalue weighted by molar-refractivity contribution is -0.933. The number of nitrogens with one attached hydrogen (secondary N) is 1. The molecule has 3 rings (SSSR count). The van der Waals surface area contributed by atoms with E-state index in [1.54, 1.807) is 0 Å². The Balaban J connectivity index is 1.62. The third-order valence-electron chi connectivity index (χ3n) is 4.70. The first kappa shape index (κ1) is 16.0. The summed E-state index contributed by atoms with van der Waals surface area (Å²) in [6.45, 7) is 5.69. The van der Waals surface area contributed by atoms with Crippen molar-refractivity contribution in [1.29, 1.82) is 0 Å². The van der Waals surface area contributed by atoms with Crippen molar-refractivity contribution in [3.8, 4) is 0 Å². The van der Waals surface area contributed by atoms with E-state index in [0.717, 1.165) is 36.8 Å². The molecule has 3 nitrogen and oxygen atoms in total. The first-order valence-corrected chi connectivity index (χ1v) is 8.48. The number of piperazine rings is 1. The van der Waals surface area contributed by atoms with Crippen molar-refractivity contribution in [1.82, 2.24) is 4.90 Å². The summed E-state index contributed by atoms with van der Waals surface area (Å²) in [4.78, 5) is 15.9. The van der Waals surface area contributed by atoms with Crippen LogP contribution in [0.3, 0.4) is 0 Å². The van der Waals surface area contributed by atoms with Gasteiger partial charge in [0, 0.05) is 16.1 Å². The molecule has 1 saturated heterocycles. The second-order valence-electron chi connectivity index (χ2n) is 6.06. The lowest BCUT2D eigenvalue weighted by Gasteiger charge is -2.35. The summed E-state index contributed by atoms with van der Waals surface area (Å²) in [5.41, 5.74) is 1.96. The van der Waals surface area contributed by atoms with Crippen LogP contribution in [0.15, 0.2) is 54.6 Å². The van der Waals surface area contributed by atoms with Gasteiger partial charge in [-0.1, -0.05) is 48.0 Å². The van der Waals surface area contributed by atoms with Crippen LogP contribution in [-0.4, -0.2) is 37.0 Å². The topological polar surface area (TPSA) is 24.8 Å². The van der Waals surface area contributed by atoms with E-state index >= 15 is 0 Å². The number of amides is 1. The van der Waals surface area contributed by atoms with Gasteiger partial charge in [-0.2, -0.15) is 0 Å². The SMILES string of the molecule is C[C@@H](c1ccccc1Cl)[NH+]1CCN(C(=O)c2ccccc2)CC1. The normalized spacial score (nSPS) is 17.0. The zero-order chi connectivity index (χ0) is 16.2. The van der Waals surface area contributed by atoms with E-state index in [9.17, 15) is 4.79 Å². The summed E-state index contributed by atoms with van der Waals surface area (Å²) in [6, 6.07) is 17.9. The summed E-state index contributed by atoms with van der Waals surface area (Å²) in [5.74, 6) is 0.134. The van der Waals surface area contributed by atoms with Crippen LogP contribution in [0.5, 0.6) is 0 Å². The van der Waals surface area contributed by atoms with Gasteiger partial charge in [0.1, 0.15) is 6.04 Å². The van der Waals surface area contributed by atoms with E-state index in [4.69, 9.17) is 11.6 Å². The molecule has 1 atom stereocenters. The van der Waals surface area contributed by atoms with Crippen LogP contribution >= 0.6 is 11.6 Å². The molecule has 2 aromatic carbocycles. The molecule has 1 aliphatic heterocycles. The van der Waals surface area contributed by atoms with Crippen LogP contribution in [0, 0.1) is 0 Å². The number of hydrogen-bond donors (Lipinski definition) is 1. The molecular weight excluding hydrogens is 308 g/mol. The Morgan fingerprint density at radius 1 is 1.04 bits per heavy atom. The second kappa shape index (κ2) is 7.16. The summed E-state index contributed by atoms with van der Waals surface area (Å²) >= 11 is 6.32. The van der Waals surface area contributed by atoms with Crippen molar-refractivity contribution in [2.24, 2.45) is 0 Å². The molecular formula is C19H22ClN2O+. The first-order valence-electron chi connectivity index (χ1n) is 8.10. The highest BCUT2D eigenvalue weighted by Crippen LogP contribution is 2.20. The molecule has 1 heterocycles. The number of benzene rings is 2. The molecule has 0 aliphatic carbocycles. The predicted molar refractivity (Wildman–Crippen MR) is 92.9 cm³/mol. The van der Waals surface area contributed by atoms with Gasteiger partial charge in [-0.15, -0.1) is 0 Å². The van der Waals surface area contributed by atoms with Gasteiger partial charge >= 0.3 is 0 Å². The van der Waals surface area contributed by atoms with Gasteiger partial charge in [-0.3, -0.25) is 4.79 Å². The first-order chi connectivity index (χ1) is 11.2. The van der Waals surface area contributed by atoms with Gasteiger partial charge in [0.05, 0.1) is 26.2 Å². The zero-order valence-electron chi connectivity index (χ0n) is 13.3. The Labute approximate surface area is 142 Å². The lowest BCUT2D eigenvalue weighted by Crippen LogP contribution is -3.14. The van der Waals surface area contributed by atoms with E-state index in [0.29, 0.717) is 6.04 Å². The van der Waals surface area contributed by atoms with Crippen LogP contribution in [0.25, 0.3) is 0 Å². The van der Waals surface area contributed by atoms with Crippen molar-refractivity contribution in [3.63, 3.8) is 0 Å². The maximum atomic E-state index is 12.5. The van der Waals surface area contributed by atoms with Crippen molar-refractivity contribution >= 4 is 17.5 Å². The van der Waals surface area contributed by atoms with E-state index in [1.807, 2.05) is 53.4 Å². The van der Waals surface area contributed by atoms with Crippen LogP contribution in [0.4, 0.5) is 0 Å². The summed E-state index contributed by atoms with van der Waals surface area (Å²) in [7, 11) is 0. The molecule has 2 aromatic rings. The molecule has 0 saturated carbocycles. The fourth-order valence-electron chi connectivity index (χ4n) is 3.24. The van der Waals surface area contributed by atoms with Crippen molar-refractivity contribution < 1.29 is 9.69 Å². The summed E-state index contributed by atoms with van der Waals surface area (Å²) in [6.07, 6.45) is 0. The number of carbonyl (C=O) groups is 1. The maximum absolute atomic E-state index is 12.5. The van der Waals surface area contributed by atoms with E-state index < -0.39 is 0 Å². The fraction of sp³-hybridized carbons (Fsp3) is 0.316. The molecule has 1 N–H and O–H groups in total. The smallest absolute Gasteiger partial charge is 0.254 e. The molecule has 0 radical (unpaired) electrons. The Kier molecular flexibility index (Phi) is 4.99. The molecule has 1 aliphatic rings. The minimum atomic E-state index is 0.134. The maximum Gasteiger partial charge on any atom is 0.254 e. The van der Waals surface area contributed by atoms with Gasteiger partial charge in [0.15, 0.2) is 0 Å². The van der Waals surface area contributed by atoms with Crippen molar-refractivity contribution in [2.75, 3.05) is 26.2 Å². The molecule has 23 heavy (non-hydrogen) atoms. The largest absolute Gasteiger partial charge is 0.327 e. The quantitative estimate of drug-likeness (QED) is 0.919. The van der Waals surface area contributed by atoms with Crippen molar-refractivity contribution in [3.05, 3.63) is 70.7 Å². The highest BCUT2D eigenvalue weighted by Gasteiger charge is 2.28. The third kappa shape index (κ3) is 3.57. The van der Waals surface area contributed by atoms with Gasteiger partial charge in [0.25, 0.3) is 5.91 Å². The molecule has 0 bridgehead atoms. The Morgan fingerprint density at radius 3 is 2.30 bits per heavy atom. The van der Waals surface area contributed by atoms with E-state index in [-0.39, 0.29) is 5.91 Å². The number of rotatable bonds is 3. The Bertz CT molecular complexity index is 666. The fourth-order valence-corrected chi connectivity index (χ4v) is 3.54. The monoisotopic (exact) mass is 329 g/mol. The number of quaternary nitrogens is 1. The van der Waals surface area contributed by atoms with E-state index in [1.165, 1.54) is 10.5 Å². The summed E-state index contributed by atoms with van der Waals surface area (Å²) in [5, 5.41) is 0.829. The Morgan fingerprint density at radius 2 is 1.65 bits per heavy atom. The highest BCUT2D eigenvalue weighted by atomic mass is 35.5.